The second-order valence-electron chi connectivity index (χ2n) is 4.47. The molecule has 0 fully saturated rings. The summed E-state index contributed by atoms with van der Waals surface area (Å²) in [6.45, 7) is 5.44. The van der Waals surface area contributed by atoms with Crippen molar-refractivity contribution in [1.82, 2.24) is 4.90 Å². The van der Waals surface area contributed by atoms with Gasteiger partial charge in [-0.05, 0) is 32.0 Å². The Labute approximate surface area is 124 Å². The van der Waals surface area contributed by atoms with Crippen molar-refractivity contribution in [2.75, 3.05) is 25.0 Å². The molecule has 0 saturated heterocycles. The van der Waals surface area contributed by atoms with Gasteiger partial charge in [0.05, 0.1) is 10.7 Å². The molecule has 1 atom stereocenters. The smallest absolute Gasteiger partial charge is 0.224 e. The van der Waals surface area contributed by atoms with Crippen LogP contribution in [0.3, 0.4) is 0 Å². The molecule has 3 N–H and O–H groups in total. The van der Waals surface area contributed by atoms with Gasteiger partial charge in [-0.25, -0.2) is 4.39 Å². The van der Waals surface area contributed by atoms with Crippen LogP contribution in [0, 0.1) is 5.82 Å². The maximum atomic E-state index is 13.2. The Bertz CT molecular complexity index is 452. The van der Waals surface area contributed by atoms with Crippen molar-refractivity contribution in [2.45, 2.75) is 26.3 Å². The van der Waals surface area contributed by atoms with E-state index in [0.29, 0.717) is 23.8 Å². The first-order valence-corrected chi connectivity index (χ1v) is 7.09. The maximum absolute atomic E-state index is 13.2. The highest BCUT2D eigenvalue weighted by Gasteiger charge is 2.17. The third kappa shape index (κ3) is 4.65. The molecular weight excluding hydrogens is 281 g/mol. The summed E-state index contributed by atoms with van der Waals surface area (Å²) in [6.07, 6.45) is 0.255. The second kappa shape index (κ2) is 8.07. The van der Waals surface area contributed by atoms with Gasteiger partial charge in [-0.2, -0.15) is 0 Å². The third-order valence-electron chi connectivity index (χ3n) is 3.11. The number of carbonyl (C=O) groups excluding carboxylic acids is 1. The molecule has 0 aliphatic carbocycles. The number of hydrogen-bond donors (Lipinski definition) is 2. The van der Waals surface area contributed by atoms with Crippen LogP contribution >= 0.6 is 11.6 Å². The lowest BCUT2D eigenvalue weighted by Gasteiger charge is -2.23. The fraction of sp³-hybridized carbons (Fsp3) is 0.500. The van der Waals surface area contributed by atoms with Gasteiger partial charge in [0.15, 0.2) is 0 Å². The maximum Gasteiger partial charge on any atom is 0.224 e. The number of halogens is 2. The van der Waals surface area contributed by atoms with E-state index in [1.165, 1.54) is 18.2 Å². The molecule has 20 heavy (non-hydrogen) atoms. The van der Waals surface area contributed by atoms with Crippen molar-refractivity contribution in [3.63, 3.8) is 0 Å². The molecule has 0 heterocycles. The van der Waals surface area contributed by atoms with Gasteiger partial charge >= 0.3 is 0 Å². The van der Waals surface area contributed by atoms with Crippen molar-refractivity contribution in [1.29, 1.82) is 0 Å². The van der Waals surface area contributed by atoms with Gasteiger partial charge in [-0.15, -0.1) is 0 Å². The van der Waals surface area contributed by atoms with Crippen LogP contribution in [-0.2, 0) is 4.79 Å². The van der Waals surface area contributed by atoms with Crippen LogP contribution < -0.4 is 11.1 Å². The third-order valence-corrected chi connectivity index (χ3v) is 3.44. The molecule has 0 aliphatic rings. The van der Waals surface area contributed by atoms with Crippen molar-refractivity contribution < 1.29 is 9.18 Å². The predicted octanol–water partition coefficient (Wildman–Crippen LogP) is 2.48. The van der Waals surface area contributed by atoms with Gasteiger partial charge in [-0.3, -0.25) is 4.79 Å². The Kier molecular flexibility index (Phi) is 6.75. The van der Waals surface area contributed by atoms with Crippen LogP contribution in [0.5, 0.6) is 0 Å². The minimum Gasteiger partial charge on any atom is -0.379 e. The summed E-state index contributed by atoms with van der Waals surface area (Å²) in [5.41, 5.74) is 6.12. The first kappa shape index (κ1) is 16.7. The zero-order valence-corrected chi connectivity index (χ0v) is 12.6. The fourth-order valence-corrected chi connectivity index (χ4v) is 2.11. The Morgan fingerprint density at radius 3 is 2.65 bits per heavy atom. The minimum absolute atomic E-state index is 0.0190. The van der Waals surface area contributed by atoms with E-state index in [2.05, 4.69) is 5.32 Å². The zero-order chi connectivity index (χ0) is 15.1. The molecule has 0 saturated carbocycles. The highest BCUT2D eigenvalue weighted by Crippen LogP contribution is 2.23. The summed E-state index contributed by atoms with van der Waals surface area (Å²) >= 11 is 5.99. The van der Waals surface area contributed by atoms with E-state index in [1.54, 1.807) is 4.90 Å². The van der Waals surface area contributed by atoms with Gasteiger partial charge < -0.3 is 16.0 Å². The normalized spacial score (nSPS) is 12.1. The van der Waals surface area contributed by atoms with Crippen LogP contribution in [0.25, 0.3) is 0 Å². The Morgan fingerprint density at radius 2 is 2.10 bits per heavy atom. The number of nitrogens with zero attached hydrogens (tertiary/aromatic N) is 1. The second-order valence-corrected chi connectivity index (χ2v) is 4.88. The van der Waals surface area contributed by atoms with Crippen LogP contribution in [-0.4, -0.2) is 36.5 Å². The van der Waals surface area contributed by atoms with Crippen molar-refractivity contribution in [3.8, 4) is 0 Å². The highest BCUT2D eigenvalue weighted by molar-refractivity contribution is 6.33. The molecule has 112 valence electrons. The van der Waals surface area contributed by atoms with Gasteiger partial charge in [0.25, 0.3) is 0 Å². The lowest BCUT2D eigenvalue weighted by Crippen LogP contribution is -2.38. The molecule has 1 unspecified atom stereocenters. The molecule has 0 spiro atoms. The molecule has 1 amide bonds. The summed E-state index contributed by atoms with van der Waals surface area (Å²) in [5.74, 6) is -0.367. The Morgan fingerprint density at radius 1 is 1.45 bits per heavy atom. The summed E-state index contributed by atoms with van der Waals surface area (Å²) in [4.78, 5) is 13.8. The topological polar surface area (TPSA) is 58.4 Å². The van der Waals surface area contributed by atoms with E-state index in [-0.39, 0.29) is 30.7 Å². The van der Waals surface area contributed by atoms with Gasteiger partial charge in [0.2, 0.25) is 5.91 Å². The van der Waals surface area contributed by atoms with E-state index < -0.39 is 0 Å². The predicted molar refractivity (Wildman–Crippen MR) is 80.4 cm³/mol. The summed E-state index contributed by atoms with van der Waals surface area (Å²) in [7, 11) is 0. The van der Waals surface area contributed by atoms with Crippen LogP contribution in [0.2, 0.25) is 5.02 Å². The summed E-state index contributed by atoms with van der Waals surface area (Å²) in [5, 5.41) is 3.43. The minimum atomic E-state index is -0.386. The van der Waals surface area contributed by atoms with Crippen molar-refractivity contribution in [3.05, 3.63) is 29.0 Å². The molecule has 0 aromatic heterocycles. The van der Waals surface area contributed by atoms with Crippen LogP contribution in [0.1, 0.15) is 20.3 Å². The number of nitrogens with two attached hydrogens (primary N) is 1. The molecule has 0 aliphatic heterocycles. The largest absolute Gasteiger partial charge is 0.379 e. The van der Waals surface area contributed by atoms with E-state index in [9.17, 15) is 9.18 Å². The van der Waals surface area contributed by atoms with E-state index in [0.717, 1.165) is 0 Å². The monoisotopic (exact) mass is 301 g/mol. The average Bonchev–Trinajstić information content (AvgIpc) is 2.43. The molecule has 1 rings (SSSR count). The number of amides is 1. The molecule has 0 radical (unpaired) electrons. The molecule has 1 aromatic carbocycles. The Hall–Kier alpha value is -1.33. The van der Waals surface area contributed by atoms with E-state index >= 15 is 0 Å². The zero-order valence-electron chi connectivity index (χ0n) is 11.8. The first-order chi connectivity index (χ1) is 9.51. The van der Waals surface area contributed by atoms with Crippen LogP contribution in [0.15, 0.2) is 18.2 Å². The Balaban J connectivity index is 2.72. The van der Waals surface area contributed by atoms with Crippen LogP contribution in [0.4, 0.5) is 10.1 Å². The number of hydrogen-bond acceptors (Lipinski definition) is 3. The van der Waals surface area contributed by atoms with E-state index in [4.69, 9.17) is 17.3 Å². The molecule has 1 aromatic rings. The molecule has 6 heteroatoms. The van der Waals surface area contributed by atoms with Gasteiger partial charge in [-0.1, -0.05) is 11.6 Å². The van der Waals surface area contributed by atoms with E-state index in [1.807, 2.05) is 13.8 Å². The van der Waals surface area contributed by atoms with Gasteiger partial charge in [0.1, 0.15) is 5.82 Å². The number of benzene rings is 1. The first-order valence-electron chi connectivity index (χ1n) is 6.71. The molecular formula is C14H21ClFN3O. The fourth-order valence-electron chi connectivity index (χ4n) is 1.94. The molecule has 4 nitrogen and oxygen atoms in total. The number of anilines is 1. The van der Waals surface area contributed by atoms with Gasteiger partial charge in [0, 0.05) is 32.1 Å². The SMILES string of the molecule is CCN(CC)C(=O)CC(CN)Nc1cc(F)ccc1Cl. The summed E-state index contributed by atoms with van der Waals surface area (Å²) in [6, 6.07) is 3.78. The number of rotatable bonds is 7. The average molecular weight is 302 g/mol. The lowest BCUT2D eigenvalue weighted by atomic mass is 10.1. The lowest BCUT2D eigenvalue weighted by molar-refractivity contribution is -0.131. The highest BCUT2D eigenvalue weighted by atomic mass is 35.5. The molecule has 0 bridgehead atoms. The summed E-state index contributed by atoms with van der Waals surface area (Å²) < 4.78 is 13.2. The van der Waals surface area contributed by atoms with Crippen molar-refractivity contribution >= 4 is 23.2 Å². The number of nitrogens with one attached hydrogen (secondary N) is 1. The number of carbonyl (C=O) groups is 1. The standard InChI is InChI=1S/C14H21ClFN3O/c1-3-19(4-2)14(20)8-11(9-17)18-13-7-10(16)5-6-12(13)15/h5-7,11,18H,3-4,8-9,17H2,1-2H3. The quantitative estimate of drug-likeness (QED) is 0.813. The van der Waals surface area contributed by atoms with Crippen molar-refractivity contribution in [2.24, 2.45) is 5.73 Å².